The molecule has 0 aliphatic carbocycles. The molecule has 0 aliphatic heterocycles. The minimum absolute atomic E-state index is 0.199. The van der Waals surface area contributed by atoms with Gasteiger partial charge in [0.1, 0.15) is 5.75 Å². The van der Waals surface area contributed by atoms with Crippen LogP contribution in [0.3, 0.4) is 0 Å². The fraction of sp³-hybridized carbons (Fsp3) is 0.417. The third-order valence-corrected chi connectivity index (χ3v) is 2.43. The van der Waals surface area contributed by atoms with Gasteiger partial charge in [-0.3, -0.25) is 4.79 Å². The average molecular weight is 296 g/mol. The molecule has 0 heterocycles. The Labute approximate surface area is 113 Å². The summed E-state index contributed by atoms with van der Waals surface area (Å²) in [6, 6.07) is 4.98. The third-order valence-electron chi connectivity index (χ3n) is 2.16. The van der Waals surface area contributed by atoms with E-state index in [0.29, 0.717) is 24.4 Å². The van der Waals surface area contributed by atoms with Crippen LogP contribution in [0.5, 0.6) is 5.75 Å². The van der Waals surface area contributed by atoms with Crippen molar-refractivity contribution in [2.24, 2.45) is 0 Å². The fourth-order valence-corrected chi connectivity index (χ4v) is 1.53. The highest BCUT2D eigenvalue weighted by Crippen LogP contribution is 2.23. The van der Waals surface area contributed by atoms with E-state index in [0.717, 1.165) is 18.6 Å². The molecule has 7 heteroatoms. The maximum atomic E-state index is 11.9. The Balaban J connectivity index is 2.46. The fourth-order valence-electron chi connectivity index (χ4n) is 1.34. The van der Waals surface area contributed by atoms with E-state index in [1.165, 1.54) is 12.1 Å². The van der Waals surface area contributed by atoms with Crippen LogP contribution in [0.1, 0.15) is 19.3 Å². The smallest absolute Gasteiger partial charge is 0.406 e. The first-order chi connectivity index (χ1) is 8.90. The summed E-state index contributed by atoms with van der Waals surface area (Å²) in [6.07, 6.45) is -2.97. The molecule has 0 saturated carbocycles. The summed E-state index contributed by atoms with van der Waals surface area (Å²) in [5, 5.41) is 2.57. The zero-order valence-electron chi connectivity index (χ0n) is 9.97. The van der Waals surface area contributed by atoms with E-state index in [1.807, 2.05) is 0 Å². The standard InChI is InChI=1S/C12H13ClF3NO2/c13-8-2-1-3-11(18)17-9-4-6-10(7-5-9)19-12(14,15)16/h4-7H,1-3,8H2,(H,17,18). The van der Waals surface area contributed by atoms with Gasteiger partial charge in [-0.05, 0) is 37.1 Å². The van der Waals surface area contributed by atoms with Crippen LogP contribution >= 0.6 is 11.6 Å². The van der Waals surface area contributed by atoms with Gasteiger partial charge in [-0.2, -0.15) is 0 Å². The highest BCUT2D eigenvalue weighted by molar-refractivity contribution is 6.17. The molecule has 0 unspecified atom stereocenters. The van der Waals surface area contributed by atoms with E-state index in [9.17, 15) is 18.0 Å². The molecule has 0 bridgehead atoms. The number of halogens is 4. The first-order valence-electron chi connectivity index (χ1n) is 5.62. The SMILES string of the molecule is O=C(CCCCCl)Nc1ccc(OC(F)(F)F)cc1. The Morgan fingerprint density at radius 1 is 1.21 bits per heavy atom. The number of nitrogens with one attached hydrogen (secondary N) is 1. The molecular weight excluding hydrogens is 283 g/mol. The van der Waals surface area contributed by atoms with E-state index in [1.54, 1.807) is 0 Å². The Hall–Kier alpha value is -1.43. The summed E-state index contributed by atoms with van der Waals surface area (Å²) < 4.78 is 39.5. The lowest BCUT2D eigenvalue weighted by atomic mass is 10.2. The number of carbonyl (C=O) groups is 1. The molecule has 1 N–H and O–H groups in total. The lowest BCUT2D eigenvalue weighted by molar-refractivity contribution is -0.274. The van der Waals surface area contributed by atoms with E-state index >= 15 is 0 Å². The predicted octanol–water partition coefficient (Wildman–Crippen LogP) is 3.93. The number of unbranched alkanes of at least 4 members (excludes halogenated alkanes) is 1. The molecule has 0 aromatic heterocycles. The van der Waals surface area contributed by atoms with Crippen molar-refractivity contribution in [2.75, 3.05) is 11.2 Å². The van der Waals surface area contributed by atoms with Gasteiger partial charge in [0.15, 0.2) is 0 Å². The number of amides is 1. The topological polar surface area (TPSA) is 38.3 Å². The molecular formula is C12H13ClF3NO2. The first kappa shape index (κ1) is 15.6. The Kier molecular flexibility index (Phi) is 5.95. The second-order valence-electron chi connectivity index (χ2n) is 3.77. The molecule has 1 aromatic carbocycles. The van der Waals surface area contributed by atoms with Crippen molar-refractivity contribution >= 4 is 23.2 Å². The molecule has 0 aliphatic rings. The molecule has 3 nitrogen and oxygen atoms in total. The number of hydrogen-bond acceptors (Lipinski definition) is 2. The van der Waals surface area contributed by atoms with Gasteiger partial charge in [0.05, 0.1) is 0 Å². The van der Waals surface area contributed by atoms with Crippen molar-refractivity contribution < 1.29 is 22.7 Å². The lowest BCUT2D eigenvalue weighted by Gasteiger charge is -2.09. The second-order valence-corrected chi connectivity index (χ2v) is 4.14. The van der Waals surface area contributed by atoms with Gasteiger partial charge >= 0.3 is 6.36 Å². The third kappa shape index (κ3) is 6.91. The monoisotopic (exact) mass is 295 g/mol. The quantitative estimate of drug-likeness (QED) is 0.638. The Morgan fingerprint density at radius 3 is 2.37 bits per heavy atom. The maximum absolute atomic E-state index is 11.9. The van der Waals surface area contributed by atoms with Gasteiger partial charge in [-0.15, -0.1) is 24.8 Å². The van der Waals surface area contributed by atoms with E-state index in [-0.39, 0.29) is 11.7 Å². The number of anilines is 1. The molecule has 0 spiro atoms. The number of carbonyl (C=O) groups excluding carboxylic acids is 1. The zero-order chi connectivity index (χ0) is 14.3. The maximum Gasteiger partial charge on any atom is 0.573 e. The normalized spacial score (nSPS) is 11.2. The van der Waals surface area contributed by atoms with Crippen LogP contribution < -0.4 is 10.1 Å². The van der Waals surface area contributed by atoms with Gasteiger partial charge in [0.25, 0.3) is 0 Å². The van der Waals surface area contributed by atoms with Crippen LogP contribution in [0.2, 0.25) is 0 Å². The number of ether oxygens (including phenoxy) is 1. The predicted molar refractivity (Wildman–Crippen MR) is 66.3 cm³/mol. The summed E-state index contributed by atoms with van der Waals surface area (Å²) in [5.41, 5.74) is 0.422. The molecule has 19 heavy (non-hydrogen) atoms. The minimum Gasteiger partial charge on any atom is -0.406 e. The van der Waals surface area contributed by atoms with Crippen molar-refractivity contribution in [3.8, 4) is 5.75 Å². The zero-order valence-corrected chi connectivity index (χ0v) is 10.7. The molecule has 0 saturated heterocycles. The van der Waals surface area contributed by atoms with Crippen molar-refractivity contribution in [2.45, 2.75) is 25.6 Å². The highest BCUT2D eigenvalue weighted by Gasteiger charge is 2.30. The number of hydrogen-bond donors (Lipinski definition) is 1. The Bertz CT molecular complexity index is 406. The van der Waals surface area contributed by atoms with Crippen LogP contribution in [0.4, 0.5) is 18.9 Å². The first-order valence-corrected chi connectivity index (χ1v) is 6.16. The molecule has 1 rings (SSSR count). The average Bonchev–Trinajstić information content (AvgIpc) is 2.30. The van der Waals surface area contributed by atoms with Gasteiger partial charge in [0, 0.05) is 18.0 Å². The number of rotatable bonds is 6. The van der Waals surface area contributed by atoms with Crippen LogP contribution in [-0.4, -0.2) is 18.1 Å². The van der Waals surface area contributed by atoms with Crippen LogP contribution in [0.15, 0.2) is 24.3 Å². The van der Waals surface area contributed by atoms with Crippen molar-refractivity contribution in [1.82, 2.24) is 0 Å². The highest BCUT2D eigenvalue weighted by atomic mass is 35.5. The lowest BCUT2D eigenvalue weighted by Crippen LogP contribution is -2.17. The summed E-state index contributed by atoms with van der Waals surface area (Å²) >= 11 is 5.48. The second kappa shape index (κ2) is 7.23. The van der Waals surface area contributed by atoms with Gasteiger partial charge in [-0.1, -0.05) is 0 Å². The minimum atomic E-state index is -4.72. The van der Waals surface area contributed by atoms with Gasteiger partial charge in [-0.25, -0.2) is 0 Å². The number of benzene rings is 1. The van der Waals surface area contributed by atoms with Gasteiger partial charge in [0.2, 0.25) is 5.91 Å². The van der Waals surface area contributed by atoms with E-state index < -0.39 is 6.36 Å². The molecule has 1 amide bonds. The van der Waals surface area contributed by atoms with Crippen molar-refractivity contribution in [3.63, 3.8) is 0 Å². The summed E-state index contributed by atoms with van der Waals surface area (Å²) in [5.74, 6) is -0.0289. The summed E-state index contributed by atoms with van der Waals surface area (Å²) in [4.78, 5) is 11.4. The van der Waals surface area contributed by atoms with Crippen LogP contribution in [0.25, 0.3) is 0 Å². The largest absolute Gasteiger partial charge is 0.573 e. The van der Waals surface area contributed by atoms with Crippen molar-refractivity contribution in [3.05, 3.63) is 24.3 Å². The molecule has 1 aromatic rings. The summed E-state index contributed by atoms with van der Waals surface area (Å²) in [6.45, 7) is 0. The Morgan fingerprint density at radius 2 is 1.84 bits per heavy atom. The van der Waals surface area contributed by atoms with E-state index in [4.69, 9.17) is 11.6 Å². The van der Waals surface area contributed by atoms with Gasteiger partial charge < -0.3 is 10.1 Å². The van der Waals surface area contributed by atoms with E-state index in [2.05, 4.69) is 10.1 Å². The molecule has 106 valence electrons. The van der Waals surface area contributed by atoms with Crippen molar-refractivity contribution in [1.29, 1.82) is 0 Å². The molecule has 0 fully saturated rings. The number of alkyl halides is 4. The van der Waals surface area contributed by atoms with Crippen LogP contribution in [0, 0.1) is 0 Å². The van der Waals surface area contributed by atoms with Crippen LogP contribution in [-0.2, 0) is 4.79 Å². The molecule has 0 atom stereocenters. The summed E-state index contributed by atoms with van der Waals surface area (Å²) in [7, 11) is 0. The molecule has 0 radical (unpaired) electrons.